The third-order valence-corrected chi connectivity index (χ3v) is 3.04. The molecule has 0 bridgehead atoms. The fourth-order valence-electron chi connectivity index (χ4n) is 2.09. The predicted octanol–water partition coefficient (Wildman–Crippen LogP) is 3.90. The molecule has 0 saturated heterocycles. The zero-order valence-electron chi connectivity index (χ0n) is 9.86. The lowest BCUT2D eigenvalue weighted by atomic mass is 10.0. The minimum atomic E-state index is 0.598. The topological polar surface area (TPSA) is 26.0 Å². The fraction of sp³-hybridized carbons (Fsp3) is 0.500. The van der Waals surface area contributed by atoms with Crippen molar-refractivity contribution in [3.63, 3.8) is 0 Å². The maximum absolute atomic E-state index is 5.74. The molecule has 1 aromatic carbocycles. The van der Waals surface area contributed by atoms with Gasteiger partial charge >= 0.3 is 0 Å². The summed E-state index contributed by atoms with van der Waals surface area (Å²) in [4.78, 5) is 4.58. The molecule has 1 aliphatic rings. The van der Waals surface area contributed by atoms with E-state index in [0.717, 1.165) is 23.4 Å². The molecule has 84 valence electrons. The van der Waals surface area contributed by atoms with Gasteiger partial charge in [-0.15, -0.1) is 0 Å². The predicted molar refractivity (Wildman–Crippen MR) is 64.5 cm³/mol. The van der Waals surface area contributed by atoms with Gasteiger partial charge in [0.05, 0.1) is 0 Å². The zero-order valence-corrected chi connectivity index (χ0v) is 9.86. The van der Waals surface area contributed by atoms with Crippen molar-refractivity contribution in [1.82, 2.24) is 4.98 Å². The highest BCUT2D eigenvalue weighted by atomic mass is 16.3. The molecule has 0 N–H and O–H groups in total. The van der Waals surface area contributed by atoms with Crippen LogP contribution in [0.25, 0.3) is 11.1 Å². The molecule has 0 radical (unpaired) electrons. The second-order valence-corrected chi connectivity index (χ2v) is 5.23. The Hall–Kier alpha value is -1.31. The smallest absolute Gasteiger partial charge is 0.198 e. The van der Waals surface area contributed by atoms with Gasteiger partial charge in [0.25, 0.3) is 0 Å². The molecule has 0 atom stereocenters. The van der Waals surface area contributed by atoms with Gasteiger partial charge in [0.1, 0.15) is 5.52 Å². The maximum atomic E-state index is 5.74. The monoisotopic (exact) mass is 215 g/mol. The van der Waals surface area contributed by atoms with Gasteiger partial charge in [0, 0.05) is 5.92 Å². The highest BCUT2D eigenvalue weighted by molar-refractivity contribution is 5.73. The Morgan fingerprint density at radius 1 is 1.38 bits per heavy atom. The molecule has 1 heterocycles. The standard InChI is InChI=1S/C14H17NO/c1-9(2)7-10-3-6-13-12(8-10)15-14(16-13)11-4-5-11/h3,6,8-9,11H,4-5,7H2,1-2H3. The highest BCUT2D eigenvalue weighted by Gasteiger charge is 2.28. The Morgan fingerprint density at radius 2 is 2.19 bits per heavy atom. The Morgan fingerprint density at radius 3 is 2.88 bits per heavy atom. The summed E-state index contributed by atoms with van der Waals surface area (Å²) in [7, 11) is 0. The first-order valence-corrected chi connectivity index (χ1v) is 6.12. The van der Waals surface area contributed by atoms with E-state index in [4.69, 9.17) is 4.42 Å². The summed E-state index contributed by atoms with van der Waals surface area (Å²) in [6.45, 7) is 4.48. The van der Waals surface area contributed by atoms with Gasteiger partial charge in [-0.05, 0) is 42.9 Å². The van der Waals surface area contributed by atoms with E-state index in [0.29, 0.717) is 11.8 Å². The zero-order chi connectivity index (χ0) is 11.1. The molecule has 2 heteroatoms. The lowest BCUT2D eigenvalue weighted by molar-refractivity contribution is 0.533. The molecule has 0 spiro atoms. The van der Waals surface area contributed by atoms with Crippen LogP contribution in [0.2, 0.25) is 0 Å². The van der Waals surface area contributed by atoms with Crippen molar-refractivity contribution in [2.75, 3.05) is 0 Å². The molecule has 0 aliphatic heterocycles. The second kappa shape index (κ2) is 3.62. The Bertz CT molecular complexity index is 508. The number of aromatic nitrogens is 1. The summed E-state index contributed by atoms with van der Waals surface area (Å²) in [5, 5.41) is 0. The Labute approximate surface area is 95.7 Å². The van der Waals surface area contributed by atoms with Gasteiger partial charge in [-0.25, -0.2) is 4.98 Å². The normalized spacial score (nSPS) is 16.2. The van der Waals surface area contributed by atoms with Crippen molar-refractivity contribution in [2.24, 2.45) is 5.92 Å². The summed E-state index contributed by atoms with van der Waals surface area (Å²) in [5.41, 5.74) is 3.33. The van der Waals surface area contributed by atoms with Crippen molar-refractivity contribution < 1.29 is 4.42 Å². The van der Waals surface area contributed by atoms with Gasteiger partial charge in [-0.3, -0.25) is 0 Å². The molecule has 0 amide bonds. The Balaban J connectivity index is 1.96. The van der Waals surface area contributed by atoms with E-state index in [1.165, 1.54) is 18.4 Å². The lowest BCUT2D eigenvalue weighted by Gasteiger charge is -2.03. The molecule has 2 aromatic rings. The van der Waals surface area contributed by atoms with Crippen molar-refractivity contribution in [2.45, 2.75) is 39.0 Å². The van der Waals surface area contributed by atoms with Crippen LogP contribution in [0.15, 0.2) is 22.6 Å². The molecule has 0 unspecified atom stereocenters. The maximum Gasteiger partial charge on any atom is 0.198 e. The van der Waals surface area contributed by atoms with Crippen LogP contribution in [0.4, 0.5) is 0 Å². The summed E-state index contributed by atoms with van der Waals surface area (Å²) in [5.74, 6) is 2.23. The minimum Gasteiger partial charge on any atom is -0.440 e. The van der Waals surface area contributed by atoms with E-state index in [-0.39, 0.29) is 0 Å². The quantitative estimate of drug-likeness (QED) is 0.776. The summed E-state index contributed by atoms with van der Waals surface area (Å²) in [6, 6.07) is 6.39. The van der Waals surface area contributed by atoms with Crippen LogP contribution < -0.4 is 0 Å². The van der Waals surface area contributed by atoms with Gasteiger partial charge in [-0.1, -0.05) is 19.9 Å². The molecular weight excluding hydrogens is 198 g/mol. The van der Waals surface area contributed by atoms with Gasteiger partial charge in [0.2, 0.25) is 0 Å². The van der Waals surface area contributed by atoms with E-state index in [9.17, 15) is 0 Å². The molecular formula is C14H17NO. The van der Waals surface area contributed by atoms with Crippen LogP contribution in [-0.2, 0) is 6.42 Å². The van der Waals surface area contributed by atoms with Gasteiger partial charge < -0.3 is 4.42 Å². The van der Waals surface area contributed by atoms with Crippen LogP contribution in [0, 0.1) is 5.92 Å². The van der Waals surface area contributed by atoms with E-state index in [1.54, 1.807) is 0 Å². The summed E-state index contributed by atoms with van der Waals surface area (Å²) in [6.07, 6.45) is 3.60. The van der Waals surface area contributed by atoms with Crippen LogP contribution in [-0.4, -0.2) is 4.98 Å². The second-order valence-electron chi connectivity index (χ2n) is 5.23. The fourth-order valence-corrected chi connectivity index (χ4v) is 2.09. The van der Waals surface area contributed by atoms with Crippen molar-refractivity contribution in [3.05, 3.63) is 29.7 Å². The van der Waals surface area contributed by atoms with Gasteiger partial charge in [0.15, 0.2) is 11.5 Å². The average Bonchev–Trinajstić information content (AvgIpc) is 2.98. The molecule has 1 saturated carbocycles. The van der Waals surface area contributed by atoms with Gasteiger partial charge in [-0.2, -0.15) is 0 Å². The minimum absolute atomic E-state index is 0.598. The first-order valence-electron chi connectivity index (χ1n) is 6.12. The first-order chi connectivity index (χ1) is 7.72. The molecule has 16 heavy (non-hydrogen) atoms. The van der Waals surface area contributed by atoms with Crippen molar-refractivity contribution in [3.8, 4) is 0 Å². The molecule has 2 nitrogen and oxygen atoms in total. The number of oxazole rings is 1. The number of hydrogen-bond donors (Lipinski definition) is 0. The third kappa shape index (κ3) is 1.84. The van der Waals surface area contributed by atoms with E-state index >= 15 is 0 Å². The SMILES string of the molecule is CC(C)Cc1ccc2oc(C3CC3)nc2c1. The van der Waals surface area contributed by atoms with E-state index in [1.807, 2.05) is 0 Å². The summed E-state index contributed by atoms with van der Waals surface area (Å²) < 4.78 is 5.74. The lowest BCUT2D eigenvalue weighted by Crippen LogP contribution is -1.93. The summed E-state index contributed by atoms with van der Waals surface area (Å²) >= 11 is 0. The first kappa shape index (κ1) is 9.88. The highest BCUT2D eigenvalue weighted by Crippen LogP contribution is 2.40. The molecule has 1 aliphatic carbocycles. The molecule has 1 fully saturated rings. The molecule has 3 rings (SSSR count). The van der Waals surface area contributed by atoms with Crippen molar-refractivity contribution in [1.29, 1.82) is 0 Å². The largest absolute Gasteiger partial charge is 0.440 e. The number of hydrogen-bond acceptors (Lipinski definition) is 2. The number of benzene rings is 1. The number of nitrogens with zero attached hydrogens (tertiary/aromatic N) is 1. The number of rotatable bonds is 3. The third-order valence-electron chi connectivity index (χ3n) is 3.04. The van der Waals surface area contributed by atoms with Crippen LogP contribution >= 0.6 is 0 Å². The van der Waals surface area contributed by atoms with E-state index < -0.39 is 0 Å². The van der Waals surface area contributed by atoms with Crippen molar-refractivity contribution >= 4 is 11.1 Å². The average molecular weight is 215 g/mol. The van der Waals surface area contributed by atoms with Crippen LogP contribution in [0.1, 0.15) is 44.1 Å². The van der Waals surface area contributed by atoms with E-state index in [2.05, 4.69) is 37.0 Å². The Kier molecular flexibility index (Phi) is 2.23. The van der Waals surface area contributed by atoms with Crippen LogP contribution in [0.3, 0.4) is 0 Å². The molecule has 1 aromatic heterocycles. The number of fused-ring (bicyclic) bond motifs is 1. The van der Waals surface area contributed by atoms with Crippen LogP contribution in [0.5, 0.6) is 0 Å².